The zero-order valence-corrected chi connectivity index (χ0v) is 22.1. The number of hydrogen-bond acceptors (Lipinski definition) is 7. The van der Waals surface area contributed by atoms with Gasteiger partial charge in [-0.2, -0.15) is 0 Å². The van der Waals surface area contributed by atoms with Gasteiger partial charge in [0.25, 0.3) is 0 Å². The van der Waals surface area contributed by atoms with E-state index in [1.165, 1.54) is 0 Å². The van der Waals surface area contributed by atoms with E-state index < -0.39 is 0 Å². The summed E-state index contributed by atoms with van der Waals surface area (Å²) in [6.45, 7) is 0.739. The minimum Gasteiger partial charge on any atom is -0.508 e. The third kappa shape index (κ3) is 5.48. The highest BCUT2D eigenvalue weighted by molar-refractivity contribution is 8.76. The Labute approximate surface area is 220 Å². The highest BCUT2D eigenvalue weighted by atomic mass is 33.1. The number of Topliss-reactive ketones (excluding diaryl/α,β-unsaturated/α-hetero) is 1. The van der Waals surface area contributed by atoms with Gasteiger partial charge in [-0.25, -0.2) is 0 Å². The van der Waals surface area contributed by atoms with Crippen LogP contribution in [0, 0.1) is 5.92 Å². The van der Waals surface area contributed by atoms with E-state index in [4.69, 9.17) is 9.47 Å². The van der Waals surface area contributed by atoms with Crippen molar-refractivity contribution in [2.24, 2.45) is 5.92 Å². The fourth-order valence-corrected chi connectivity index (χ4v) is 7.76. The molecule has 2 aliphatic rings. The molecule has 0 radical (unpaired) electrons. The molecule has 2 atom stereocenters. The normalized spacial score (nSPS) is 21.5. The van der Waals surface area contributed by atoms with Crippen LogP contribution in [0.5, 0.6) is 17.2 Å². The third-order valence-corrected chi connectivity index (χ3v) is 9.64. The number of carbonyl (C=O) groups is 1. The summed E-state index contributed by atoms with van der Waals surface area (Å²) in [5, 5.41) is 23.0. The molecule has 0 spiro atoms. The average molecular weight is 525 g/mol. The van der Waals surface area contributed by atoms with Crippen molar-refractivity contribution in [3.05, 3.63) is 53.6 Å². The summed E-state index contributed by atoms with van der Waals surface area (Å²) in [4.78, 5) is 13.0. The summed E-state index contributed by atoms with van der Waals surface area (Å²) in [5.74, 6) is 3.31. The second kappa shape index (κ2) is 11.4. The zero-order chi connectivity index (χ0) is 25.1. The molecule has 3 aromatic carbocycles. The second-order valence-electron chi connectivity index (χ2n) is 9.65. The predicted molar refractivity (Wildman–Crippen MR) is 148 cm³/mol. The number of methoxy groups -OCH3 is 1. The van der Waals surface area contributed by atoms with Crippen LogP contribution in [0.25, 0.3) is 21.9 Å². The largest absolute Gasteiger partial charge is 0.508 e. The molecule has 0 aliphatic carbocycles. The fourth-order valence-electron chi connectivity index (χ4n) is 5.45. The first-order valence-electron chi connectivity index (χ1n) is 12.5. The van der Waals surface area contributed by atoms with E-state index in [-0.39, 0.29) is 23.4 Å². The molecule has 7 heteroatoms. The molecule has 0 saturated carbocycles. The van der Waals surface area contributed by atoms with Crippen LogP contribution in [0.2, 0.25) is 0 Å². The van der Waals surface area contributed by atoms with Gasteiger partial charge in [0.15, 0.2) is 11.5 Å². The van der Waals surface area contributed by atoms with E-state index in [9.17, 15) is 15.0 Å². The Hall–Kier alpha value is -2.35. The second-order valence-corrected chi connectivity index (χ2v) is 12.2. The lowest BCUT2D eigenvalue weighted by molar-refractivity contribution is -0.123. The van der Waals surface area contributed by atoms with Crippen molar-refractivity contribution in [1.82, 2.24) is 0 Å². The minimum atomic E-state index is 0.0235. The number of rotatable bonds is 1. The van der Waals surface area contributed by atoms with Crippen LogP contribution in [-0.4, -0.2) is 41.6 Å². The van der Waals surface area contributed by atoms with Crippen molar-refractivity contribution in [2.45, 2.75) is 50.4 Å². The summed E-state index contributed by atoms with van der Waals surface area (Å²) < 4.78 is 11.6. The Balaban J connectivity index is 1.61. The van der Waals surface area contributed by atoms with Gasteiger partial charge >= 0.3 is 0 Å². The van der Waals surface area contributed by atoms with E-state index in [0.717, 1.165) is 70.4 Å². The zero-order valence-electron chi connectivity index (χ0n) is 20.5. The first-order chi connectivity index (χ1) is 17.5. The SMILES string of the molecule is COc1c(O)ccc2c1-c1ccc3ccc(O)cc3c1CSSCC[C@H]1CCO[C@@H](CC(=O)CC2)C1. The molecular formula is C29H32O5S2. The maximum absolute atomic E-state index is 13.0. The van der Waals surface area contributed by atoms with Crippen LogP contribution in [0.4, 0.5) is 0 Å². The number of benzene rings is 3. The van der Waals surface area contributed by atoms with Gasteiger partial charge in [0.05, 0.1) is 13.2 Å². The number of carbonyl (C=O) groups excluding carboxylic acids is 1. The minimum absolute atomic E-state index is 0.0235. The molecule has 2 aliphatic heterocycles. The Bertz CT molecular complexity index is 1260. The molecule has 0 amide bonds. The van der Waals surface area contributed by atoms with Crippen molar-refractivity contribution in [2.75, 3.05) is 19.5 Å². The van der Waals surface area contributed by atoms with Gasteiger partial charge in [-0.15, -0.1) is 0 Å². The summed E-state index contributed by atoms with van der Waals surface area (Å²) >= 11 is 0. The summed E-state index contributed by atoms with van der Waals surface area (Å²) in [7, 11) is 5.26. The molecule has 2 bridgehead atoms. The lowest BCUT2D eigenvalue weighted by Crippen LogP contribution is -2.28. The van der Waals surface area contributed by atoms with E-state index in [1.54, 1.807) is 19.2 Å². The molecule has 5 rings (SSSR count). The van der Waals surface area contributed by atoms with Crippen LogP contribution in [0.3, 0.4) is 0 Å². The summed E-state index contributed by atoms with van der Waals surface area (Å²) in [6, 6.07) is 13.1. The van der Waals surface area contributed by atoms with E-state index in [1.807, 2.05) is 45.9 Å². The molecule has 2 heterocycles. The molecule has 0 aromatic heterocycles. The van der Waals surface area contributed by atoms with Crippen LogP contribution in [0.15, 0.2) is 42.5 Å². The number of phenols is 2. The monoisotopic (exact) mass is 524 g/mol. The molecule has 1 saturated heterocycles. The Morgan fingerprint density at radius 1 is 1.03 bits per heavy atom. The van der Waals surface area contributed by atoms with Crippen molar-refractivity contribution in [1.29, 1.82) is 0 Å². The number of phenolic OH excluding ortho intramolecular Hbond substituents is 2. The lowest BCUT2D eigenvalue weighted by Gasteiger charge is -2.29. The summed E-state index contributed by atoms with van der Waals surface area (Å²) in [6.07, 6.45) is 4.61. The third-order valence-electron chi connectivity index (χ3n) is 7.31. The molecular weight excluding hydrogens is 492 g/mol. The molecule has 0 unspecified atom stereocenters. The highest BCUT2D eigenvalue weighted by Crippen LogP contribution is 2.45. The van der Waals surface area contributed by atoms with Crippen molar-refractivity contribution in [3.8, 4) is 28.4 Å². The lowest BCUT2D eigenvalue weighted by atomic mass is 9.88. The van der Waals surface area contributed by atoms with Gasteiger partial charge in [-0.1, -0.05) is 45.9 Å². The number of ether oxygens (including phenoxy) is 2. The molecule has 5 nitrogen and oxygen atoms in total. The highest BCUT2D eigenvalue weighted by Gasteiger charge is 2.26. The molecule has 1 fully saturated rings. The first-order valence-corrected chi connectivity index (χ1v) is 15.0. The molecule has 2 N–H and O–H groups in total. The standard InChI is InChI=1S/C29H32O5S2/c1-33-29-27(32)9-5-20-3-7-21(30)15-23-14-18(10-12-34-23)11-13-35-36-17-26-24(28(20)29)8-4-19-2-6-22(31)16-25(19)26/h2,4-6,8-9,16,18,23,31-32H,3,7,10-15,17H2,1H3/t18-,23-/m1/s1. The topological polar surface area (TPSA) is 76.0 Å². The van der Waals surface area contributed by atoms with Gasteiger partial charge in [-0.05, 0) is 77.3 Å². The molecule has 3 aromatic rings. The number of hydrogen-bond donors (Lipinski definition) is 2. The smallest absolute Gasteiger partial charge is 0.168 e. The number of aryl methyl sites for hydroxylation is 1. The maximum atomic E-state index is 13.0. The van der Waals surface area contributed by atoms with E-state index in [0.29, 0.717) is 30.9 Å². The van der Waals surface area contributed by atoms with Crippen LogP contribution in [-0.2, 0) is 21.7 Å². The van der Waals surface area contributed by atoms with Gasteiger partial charge < -0.3 is 19.7 Å². The maximum Gasteiger partial charge on any atom is 0.168 e. The van der Waals surface area contributed by atoms with E-state index in [2.05, 4.69) is 6.07 Å². The van der Waals surface area contributed by atoms with Gasteiger partial charge in [0, 0.05) is 36.5 Å². The van der Waals surface area contributed by atoms with Crippen molar-refractivity contribution in [3.63, 3.8) is 0 Å². The first kappa shape index (κ1) is 25.3. The van der Waals surface area contributed by atoms with Gasteiger partial charge in [-0.3, -0.25) is 4.79 Å². The molecule has 36 heavy (non-hydrogen) atoms. The predicted octanol–water partition coefficient (Wildman–Crippen LogP) is 6.90. The molecule has 190 valence electrons. The number of fused-ring (bicyclic) bond motifs is 7. The Morgan fingerprint density at radius 3 is 2.75 bits per heavy atom. The fraction of sp³-hybridized carbons (Fsp3) is 0.414. The van der Waals surface area contributed by atoms with Crippen LogP contribution in [0.1, 0.15) is 43.2 Å². The number of aromatic hydroxyl groups is 2. The van der Waals surface area contributed by atoms with Crippen molar-refractivity contribution < 1.29 is 24.5 Å². The van der Waals surface area contributed by atoms with E-state index >= 15 is 0 Å². The average Bonchev–Trinajstić information content (AvgIpc) is 2.87. The summed E-state index contributed by atoms with van der Waals surface area (Å²) in [5.41, 5.74) is 3.84. The van der Waals surface area contributed by atoms with Crippen LogP contribution < -0.4 is 4.74 Å². The quantitative estimate of drug-likeness (QED) is 0.335. The Kier molecular flexibility index (Phi) is 7.99. The van der Waals surface area contributed by atoms with Gasteiger partial charge in [0.1, 0.15) is 11.5 Å². The number of ketones is 1. The van der Waals surface area contributed by atoms with Crippen LogP contribution >= 0.6 is 21.6 Å². The van der Waals surface area contributed by atoms with Gasteiger partial charge in [0.2, 0.25) is 0 Å². The Morgan fingerprint density at radius 2 is 1.89 bits per heavy atom. The van der Waals surface area contributed by atoms with Crippen molar-refractivity contribution >= 4 is 38.1 Å².